The van der Waals surface area contributed by atoms with Gasteiger partial charge in [0.25, 0.3) is 8.32 Å². The topological polar surface area (TPSA) is 35.5 Å². The van der Waals surface area contributed by atoms with Gasteiger partial charge in [-0.2, -0.15) is 0 Å². The summed E-state index contributed by atoms with van der Waals surface area (Å²) in [4.78, 5) is 11.5. The molecule has 0 aromatic heterocycles. The molecule has 0 saturated carbocycles. The third-order valence-electron chi connectivity index (χ3n) is 4.40. The van der Waals surface area contributed by atoms with Crippen LogP contribution in [0.25, 0.3) is 5.57 Å². The van der Waals surface area contributed by atoms with Crippen LogP contribution >= 0.6 is 0 Å². The minimum Gasteiger partial charge on any atom is -0.541 e. The third kappa shape index (κ3) is 4.66. The van der Waals surface area contributed by atoms with Crippen molar-refractivity contribution in [2.45, 2.75) is 52.2 Å². The first-order valence-electron chi connectivity index (χ1n) is 7.90. The van der Waals surface area contributed by atoms with Gasteiger partial charge in [0.05, 0.1) is 7.11 Å². The molecule has 0 saturated heterocycles. The molecule has 1 aromatic carbocycles. The summed E-state index contributed by atoms with van der Waals surface area (Å²) in [7, 11) is -1.09. The summed E-state index contributed by atoms with van der Waals surface area (Å²) in [5.41, 5.74) is 0.385. The molecule has 0 fully saturated rings. The number of carbonyl (C=O) groups is 1. The van der Waals surface area contributed by atoms with Gasteiger partial charge in [0, 0.05) is 17.7 Å². The molecule has 0 spiro atoms. The van der Waals surface area contributed by atoms with E-state index in [0.717, 1.165) is 12.1 Å². The Morgan fingerprint density at radius 3 is 2.29 bits per heavy atom. The van der Waals surface area contributed by atoms with Gasteiger partial charge in [-0.3, -0.25) is 0 Å². The number of benzene rings is 1. The lowest BCUT2D eigenvalue weighted by Gasteiger charge is -2.36. The molecule has 0 aliphatic rings. The van der Waals surface area contributed by atoms with Crippen molar-refractivity contribution in [3.63, 3.8) is 0 Å². The van der Waals surface area contributed by atoms with E-state index in [4.69, 9.17) is 4.43 Å². The van der Waals surface area contributed by atoms with Crippen LogP contribution in [0.2, 0.25) is 18.1 Å². The predicted molar refractivity (Wildman–Crippen MR) is 94.5 cm³/mol. The Morgan fingerprint density at radius 1 is 1.25 bits per heavy atom. The number of halogens is 2. The van der Waals surface area contributed by atoms with Gasteiger partial charge in [0.1, 0.15) is 11.6 Å². The molecule has 0 unspecified atom stereocenters. The quantitative estimate of drug-likeness (QED) is 0.407. The van der Waals surface area contributed by atoms with Gasteiger partial charge in [-0.1, -0.05) is 27.7 Å². The fourth-order valence-electron chi connectivity index (χ4n) is 1.87. The molecule has 24 heavy (non-hydrogen) atoms. The van der Waals surface area contributed by atoms with Crippen LogP contribution in [0.3, 0.4) is 0 Å². The Bertz CT molecular complexity index is 646. The fraction of sp³-hybridized carbons (Fsp3) is 0.500. The van der Waals surface area contributed by atoms with Crippen molar-refractivity contribution in [2.75, 3.05) is 7.11 Å². The van der Waals surface area contributed by atoms with Crippen molar-refractivity contribution in [3.05, 3.63) is 35.4 Å². The standard InChI is InChI=1S/C18H26F2O3Si/c1-8-12(9-16(21)22-5)14-10-13(19)11-15(17(14)20)23-24(6,7)18(2,3)4/h9-11H,8H2,1-7H3/b12-9-. The van der Waals surface area contributed by atoms with E-state index < -0.39 is 25.9 Å². The second kappa shape index (κ2) is 7.47. The van der Waals surface area contributed by atoms with Crippen LogP contribution < -0.4 is 4.43 Å². The maximum Gasteiger partial charge on any atom is 0.330 e. The van der Waals surface area contributed by atoms with Crippen LogP contribution in [0.15, 0.2) is 18.2 Å². The third-order valence-corrected chi connectivity index (χ3v) is 8.74. The average Bonchev–Trinajstić information content (AvgIpc) is 2.46. The van der Waals surface area contributed by atoms with E-state index in [1.54, 1.807) is 6.92 Å². The Balaban J connectivity index is 3.40. The molecule has 0 amide bonds. The molecule has 0 aliphatic carbocycles. The van der Waals surface area contributed by atoms with Gasteiger partial charge in [-0.25, -0.2) is 13.6 Å². The van der Waals surface area contributed by atoms with Gasteiger partial charge < -0.3 is 9.16 Å². The first-order chi connectivity index (χ1) is 10.9. The monoisotopic (exact) mass is 356 g/mol. The molecular formula is C18H26F2O3Si. The Kier molecular flexibility index (Phi) is 6.33. The summed E-state index contributed by atoms with van der Waals surface area (Å²) >= 11 is 0. The van der Waals surface area contributed by atoms with Gasteiger partial charge >= 0.3 is 5.97 Å². The SMILES string of the molecule is CC/C(=C/C(=O)OC)c1cc(F)cc(O[Si](C)(C)C(C)(C)C)c1F. The first kappa shape index (κ1) is 20.4. The van der Waals surface area contributed by atoms with Gasteiger partial charge in [0.15, 0.2) is 5.82 Å². The molecule has 0 bridgehead atoms. The van der Waals surface area contributed by atoms with E-state index in [1.807, 2.05) is 33.9 Å². The van der Waals surface area contributed by atoms with Crippen LogP contribution in [0.5, 0.6) is 5.75 Å². The molecule has 3 nitrogen and oxygen atoms in total. The maximum atomic E-state index is 14.9. The van der Waals surface area contributed by atoms with Crippen LogP contribution in [-0.4, -0.2) is 21.4 Å². The van der Waals surface area contributed by atoms with Gasteiger partial charge in [-0.05, 0) is 36.2 Å². The molecule has 0 N–H and O–H groups in total. The zero-order chi connectivity index (χ0) is 18.7. The van der Waals surface area contributed by atoms with Gasteiger partial charge in [-0.15, -0.1) is 0 Å². The van der Waals surface area contributed by atoms with E-state index in [2.05, 4.69) is 4.74 Å². The van der Waals surface area contributed by atoms with Crippen molar-refractivity contribution in [2.24, 2.45) is 0 Å². The lowest BCUT2D eigenvalue weighted by molar-refractivity contribution is -0.134. The van der Waals surface area contributed by atoms with Crippen molar-refractivity contribution < 1.29 is 22.7 Å². The van der Waals surface area contributed by atoms with Crippen molar-refractivity contribution in [1.82, 2.24) is 0 Å². The lowest BCUT2D eigenvalue weighted by atomic mass is 10.0. The van der Waals surface area contributed by atoms with Crippen molar-refractivity contribution in [1.29, 1.82) is 0 Å². The zero-order valence-electron chi connectivity index (χ0n) is 15.4. The van der Waals surface area contributed by atoms with E-state index >= 15 is 0 Å². The summed E-state index contributed by atoms with van der Waals surface area (Å²) in [6.45, 7) is 11.7. The summed E-state index contributed by atoms with van der Waals surface area (Å²) in [5.74, 6) is -1.98. The number of carbonyl (C=O) groups excluding carboxylic acids is 1. The maximum absolute atomic E-state index is 14.9. The van der Waals surface area contributed by atoms with E-state index in [9.17, 15) is 13.6 Å². The molecule has 0 aliphatic heterocycles. The summed E-state index contributed by atoms with van der Waals surface area (Å²) in [6, 6.07) is 2.14. The molecule has 1 rings (SSSR count). The lowest BCUT2D eigenvalue weighted by Crippen LogP contribution is -2.44. The minimum absolute atomic E-state index is 0.0246. The van der Waals surface area contributed by atoms with Crippen LogP contribution in [0.4, 0.5) is 8.78 Å². The number of hydrogen-bond donors (Lipinski definition) is 0. The summed E-state index contributed by atoms with van der Waals surface area (Å²) < 4.78 is 39.4. The average molecular weight is 356 g/mol. The van der Waals surface area contributed by atoms with Crippen molar-refractivity contribution >= 4 is 19.9 Å². The second-order valence-corrected chi connectivity index (χ2v) is 11.9. The number of ether oxygens (including phenoxy) is 1. The Morgan fingerprint density at radius 2 is 1.83 bits per heavy atom. The van der Waals surface area contributed by atoms with Crippen LogP contribution in [0, 0.1) is 11.6 Å². The summed E-state index contributed by atoms with van der Waals surface area (Å²) in [6.07, 6.45) is 1.53. The van der Waals surface area contributed by atoms with E-state index in [1.165, 1.54) is 13.2 Å². The number of esters is 1. The second-order valence-electron chi connectivity index (χ2n) is 7.17. The van der Waals surface area contributed by atoms with Crippen LogP contribution in [-0.2, 0) is 9.53 Å². The number of allylic oxidation sites excluding steroid dienone is 1. The molecule has 134 valence electrons. The van der Waals surface area contributed by atoms with Crippen molar-refractivity contribution in [3.8, 4) is 5.75 Å². The normalized spacial score (nSPS) is 13.0. The predicted octanol–water partition coefficient (Wildman–Crippen LogP) is 5.32. The minimum atomic E-state index is -2.32. The molecular weight excluding hydrogens is 330 g/mol. The molecule has 6 heteroatoms. The van der Waals surface area contributed by atoms with Crippen LogP contribution in [0.1, 0.15) is 39.7 Å². The number of hydrogen-bond acceptors (Lipinski definition) is 3. The highest BCUT2D eigenvalue weighted by molar-refractivity contribution is 6.74. The van der Waals surface area contributed by atoms with Gasteiger partial charge in [0.2, 0.25) is 0 Å². The molecule has 1 aromatic rings. The highest BCUT2D eigenvalue weighted by Crippen LogP contribution is 2.39. The molecule has 0 atom stereocenters. The van der Waals surface area contributed by atoms with E-state index in [0.29, 0.717) is 12.0 Å². The first-order valence-corrected chi connectivity index (χ1v) is 10.8. The zero-order valence-corrected chi connectivity index (χ0v) is 16.4. The summed E-state index contributed by atoms with van der Waals surface area (Å²) in [5, 5.41) is -0.151. The molecule has 0 heterocycles. The number of methoxy groups -OCH3 is 1. The Hall–Kier alpha value is -1.69. The molecule has 0 radical (unpaired) electrons. The fourth-order valence-corrected chi connectivity index (χ4v) is 2.88. The van der Waals surface area contributed by atoms with E-state index in [-0.39, 0.29) is 16.4 Å². The Labute approximate surface area is 143 Å². The number of rotatable bonds is 5. The highest BCUT2D eigenvalue weighted by Gasteiger charge is 2.39. The smallest absolute Gasteiger partial charge is 0.330 e. The largest absolute Gasteiger partial charge is 0.541 e. The highest BCUT2D eigenvalue weighted by atomic mass is 28.4.